The number of para-hydroxylation sites is 1. The highest BCUT2D eigenvalue weighted by molar-refractivity contribution is 5.96. The molecule has 2 atom stereocenters. The van der Waals surface area contributed by atoms with Crippen LogP contribution in [-0.2, 0) is 16.2 Å². The van der Waals surface area contributed by atoms with Gasteiger partial charge < -0.3 is 20.7 Å². The number of carbonyl (C=O) groups excluding carboxylic acids is 2. The molecule has 0 unspecified atom stereocenters. The summed E-state index contributed by atoms with van der Waals surface area (Å²) in [5, 5.41) is 4.84. The fraction of sp³-hybridized carbons (Fsp3) is 0.500. The second kappa shape index (κ2) is 11.9. The SMILES string of the molecule is COc1c(CN2OCC[C@H]2C(N)=O)cccc1-c1cccc(C(=O)N[C@H](CN(C)C)CC(C)(C)C)c1. The molecule has 1 aliphatic heterocycles. The van der Waals surface area contributed by atoms with Crippen molar-refractivity contribution in [3.63, 3.8) is 0 Å². The third kappa shape index (κ3) is 7.29. The van der Waals surface area contributed by atoms with Crippen LogP contribution >= 0.6 is 0 Å². The highest BCUT2D eigenvalue weighted by Crippen LogP contribution is 2.35. The molecule has 36 heavy (non-hydrogen) atoms. The Labute approximate surface area is 214 Å². The summed E-state index contributed by atoms with van der Waals surface area (Å²) < 4.78 is 5.80. The van der Waals surface area contributed by atoms with Gasteiger partial charge in [0.2, 0.25) is 5.91 Å². The minimum atomic E-state index is -0.464. The van der Waals surface area contributed by atoms with Gasteiger partial charge in [0.1, 0.15) is 11.8 Å². The van der Waals surface area contributed by atoms with E-state index in [1.165, 1.54) is 0 Å². The molecule has 0 aliphatic carbocycles. The van der Waals surface area contributed by atoms with Gasteiger partial charge in [-0.1, -0.05) is 51.1 Å². The van der Waals surface area contributed by atoms with Crippen LogP contribution < -0.4 is 15.8 Å². The van der Waals surface area contributed by atoms with Gasteiger partial charge in [-0.15, -0.1) is 0 Å². The maximum absolute atomic E-state index is 13.2. The first kappa shape index (κ1) is 27.6. The van der Waals surface area contributed by atoms with Crippen molar-refractivity contribution in [3.05, 3.63) is 53.6 Å². The molecule has 0 radical (unpaired) electrons. The van der Waals surface area contributed by atoms with Crippen LogP contribution in [0.5, 0.6) is 5.75 Å². The van der Waals surface area contributed by atoms with Crippen LogP contribution in [0.4, 0.5) is 0 Å². The molecular weight excluding hydrogens is 456 g/mol. The Kier molecular flexibility index (Phi) is 9.11. The van der Waals surface area contributed by atoms with E-state index < -0.39 is 11.9 Å². The first-order chi connectivity index (χ1) is 17.0. The molecule has 2 aromatic rings. The summed E-state index contributed by atoms with van der Waals surface area (Å²) in [4.78, 5) is 32.8. The van der Waals surface area contributed by atoms with Crippen LogP contribution in [0, 0.1) is 5.41 Å². The first-order valence-electron chi connectivity index (χ1n) is 12.4. The van der Waals surface area contributed by atoms with E-state index in [4.69, 9.17) is 15.3 Å². The van der Waals surface area contributed by atoms with Gasteiger partial charge in [0.25, 0.3) is 5.91 Å². The summed E-state index contributed by atoms with van der Waals surface area (Å²) in [6.07, 6.45) is 1.44. The number of carbonyl (C=O) groups is 2. The molecule has 0 bridgehead atoms. The standard InChI is InChI=1S/C28H40N4O4/c1-28(2,3)16-22(18-31(4)5)30-27(34)20-10-7-9-19(15-20)23-12-8-11-21(25(23)35-6)17-32-24(26(29)33)13-14-36-32/h7-12,15,22,24H,13-14,16-18H2,1-6H3,(H2,29,33)(H,30,34)/t22-,24-/m0/s1. The Morgan fingerprint density at radius 1 is 1.22 bits per heavy atom. The number of nitrogens with zero attached hydrogens (tertiary/aromatic N) is 2. The average molecular weight is 497 g/mol. The van der Waals surface area contributed by atoms with Crippen molar-refractivity contribution in [1.29, 1.82) is 0 Å². The molecule has 0 saturated carbocycles. The number of primary amides is 1. The number of nitrogens with two attached hydrogens (primary N) is 1. The molecule has 2 aromatic carbocycles. The minimum absolute atomic E-state index is 0.0349. The van der Waals surface area contributed by atoms with Crippen LogP contribution in [-0.4, -0.2) is 68.2 Å². The van der Waals surface area contributed by atoms with Crippen molar-refractivity contribution in [1.82, 2.24) is 15.3 Å². The lowest BCUT2D eigenvalue weighted by Gasteiger charge is -2.29. The number of hydrogen-bond donors (Lipinski definition) is 2. The summed E-state index contributed by atoms with van der Waals surface area (Å²) in [6.45, 7) is 8.13. The molecule has 3 N–H and O–H groups in total. The van der Waals surface area contributed by atoms with Crippen molar-refractivity contribution >= 4 is 11.8 Å². The Balaban J connectivity index is 1.85. The molecule has 1 heterocycles. The molecule has 0 aromatic heterocycles. The number of benzene rings is 2. The molecule has 0 spiro atoms. The second-order valence-corrected chi connectivity index (χ2v) is 10.9. The van der Waals surface area contributed by atoms with Crippen LogP contribution in [0.25, 0.3) is 11.1 Å². The van der Waals surface area contributed by atoms with Crippen LogP contribution in [0.15, 0.2) is 42.5 Å². The van der Waals surface area contributed by atoms with E-state index in [2.05, 4.69) is 31.0 Å². The quantitative estimate of drug-likeness (QED) is 0.523. The lowest BCUT2D eigenvalue weighted by molar-refractivity contribution is -0.154. The van der Waals surface area contributed by atoms with E-state index in [9.17, 15) is 9.59 Å². The third-order valence-corrected chi connectivity index (χ3v) is 6.17. The number of nitrogens with one attached hydrogen (secondary N) is 1. The van der Waals surface area contributed by atoms with Gasteiger partial charge in [0.15, 0.2) is 0 Å². The Morgan fingerprint density at radius 2 is 1.94 bits per heavy atom. The number of rotatable bonds is 10. The van der Waals surface area contributed by atoms with Crippen molar-refractivity contribution in [3.8, 4) is 16.9 Å². The Bertz CT molecular complexity index is 1060. The van der Waals surface area contributed by atoms with Gasteiger partial charge in [-0.3, -0.25) is 14.4 Å². The zero-order valence-electron chi connectivity index (χ0n) is 22.3. The summed E-state index contributed by atoms with van der Waals surface area (Å²) in [7, 11) is 5.65. The second-order valence-electron chi connectivity index (χ2n) is 10.9. The van der Waals surface area contributed by atoms with E-state index in [-0.39, 0.29) is 17.4 Å². The average Bonchev–Trinajstić information content (AvgIpc) is 3.26. The Hall–Kier alpha value is -2.94. The fourth-order valence-corrected chi connectivity index (χ4v) is 4.74. The molecule has 196 valence electrons. The fourth-order valence-electron chi connectivity index (χ4n) is 4.74. The molecular formula is C28H40N4O4. The molecule has 1 saturated heterocycles. The number of likely N-dealkylation sites (N-methyl/N-ethyl adjacent to an activating group) is 1. The van der Waals surface area contributed by atoms with Crippen LogP contribution in [0.1, 0.15) is 49.5 Å². The maximum atomic E-state index is 13.2. The maximum Gasteiger partial charge on any atom is 0.251 e. The third-order valence-electron chi connectivity index (χ3n) is 6.17. The predicted octanol–water partition coefficient (Wildman–Crippen LogP) is 3.45. The van der Waals surface area contributed by atoms with E-state index in [1.807, 2.05) is 56.6 Å². The van der Waals surface area contributed by atoms with E-state index in [1.54, 1.807) is 12.2 Å². The van der Waals surface area contributed by atoms with E-state index in [0.717, 1.165) is 29.7 Å². The van der Waals surface area contributed by atoms with Gasteiger partial charge in [-0.25, -0.2) is 0 Å². The number of hydroxylamine groups is 2. The number of ether oxygens (including phenoxy) is 1. The van der Waals surface area contributed by atoms with Crippen molar-refractivity contribution in [2.45, 2.75) is 52.2 Å². The number of methoxy groups -OCH3 is 1. The van der Waals surface area contributed by atoms with Gasteiger partial charge in [-0.05, 0) is 50.0 Å². The van der Waals surface area contributed by atoms with Crippen LogP contribution in [0.3, 0.4) is 0 Å². The largest absolute Gasteiger partial charge is 0.496 e. The number of hydrogen-bond acceptors (Lipinski definition) is 6. The predicted molar refractivity (Wildman–Crippen MR) is 141 cm³/mol. The lowest BCUT2D eigenvalue weighted by Crippen LogP contribution is -2.43. The van der Waals surface area contributed by atoms with E-state index in [0.29, 0.717) is 30.9 Å². The number of amides is 2. The van der Waals surface area contributed by atoms with Gasteiger partial charge in [0.05, 0.1) is 20.3 Å². The lowest BCUT2D eigenvalue weighted by atomic mass is 9.87. The minimum Gasteiger partial charge on any atom is -0.496 e. The summed E-state index contributed by atoms with van der Waals surface area (Å²) in [5.74, 6) is 0.171. The van der Waals surface area contributed by atoms with Crippen LogP contribution in [0.2, 0.25) is 0 Å². The molecule has 1 aliphatic rings. The molecule has 3 rings (SSSR count). The first-order valence-corrected chi connectivity index (χ1v) is 12.4. The van der Waals surface area contributed by atoms with E-state index >= 15 is 0 Å². The highest BCUT2D eigenvalue weighted by Gasteiger charge is 2.31. The summed E-state index contributed by atoms with van der Waals surface area (Å²) in [6, 6.07) is 13.0. The zero-order chi connectivity index (χ0) is 26.5. The molecule has 1 fully saturated rings. The van der Waals surface area contributed by atoms with Gasteiger partial charge in [-0.2, -0.15) is 5.06 Å². The Morgan fingerprint density at radius 3 is 2.58 bits per heavy atom. The monoisotopic (exact) mass is 496 g/mol. The zero-order valence-corrected chi connectivity index (χ0v) is 22.3. The topological polar surface area (TPSA) is 97.1 Å². The van der Waals surface area contributed by atoms with Gasteiger partial charge >= 0.3 is 0 Å². The molecule has 8 nitrogen and oxygen atoms in total. The highest BCUT2D eigenvalue weighted by atomic mass is 16.7. The molecule has 2 amide bonds. The van der Waals surface area contributed by atoms with Crippen molar-refractivity contribution in [2.75, 3.05) is 34.4 Å². The summed E-state index contributed by atoms with van der Waals surface area (Å²) >= 11 is 0. The normalized spacial score (nSPS) is 17.2. The van der Waals surface area contributed by atoms with Crippen molar-refractivity contribution in [2.24, 2.45) is 11.1 Å². The molecule has 8 heteroatoms. The van der Waals surface area contributed by atoms with Gasteiger partial charge in [0, 0.05) is 29.3 Å². The smallest absolute Gasteiger partial charge is 0.251 e. The summed E-state index contributed by atoms with van der Waals surface area (Å²) in [5.41, 5.74) is 8.83. The van der Waals surface area contributed by atoms with Crippen molar-refractivity contribution < 1.29 is 19.2 Å².